The summed E-state index contributed by atoms with van der Waals surface area (Å²) < 4.78 is 10.4. The van der Waals surface area contributed by atoms with Gasteiger partial charge >= 0.3 is 0 Å². The van der Waals surface area contributed by atoms with E-state index in [1.807, 2.05) is 12.1 Å². The summed E-state index contributed by atoms with van der Waals surface area (Å²) in [6.45, 7) is 0. The number of rotatable bonds is 4. The van der Waals surface area contributed by atoms with Crippen molar-refractivity contribution in [1.82, 2.24) is 0 Å². The first-order chi connectivity index (χ1) is 9.78. The Morgan fingerprint density at radius 1 is 1.20 bits per heavy atom. The van der Waals surface area contributed by atoms with Gasteiger partial charge in [0.1, 0.15) is 5.75 Å². The van der Waals surface area contributed by atoms with Crippen LogP contribution in [-0.2, 0) is 6.42 Å². The molecule has 1 heterocycles. The number of nitrogens with two attached hydrogens (primary N) is 1. The van der Waals surface area contributed by atoms with Crippen molar-refractivity contribution in [3.8, 4) is 5.75 Å². The van der Waals surface area contributed by atoms with E-state index in [4.69, 9.17) is 14.9 Å². The molecule has 0 saturated heterocycles. The average Bonchev–Trinajstić information content (AvgIpc) is 3.01. The van der Waals surface area contributed by atoms with Crippen LogP contribution in [0.25, 0.3) is 10.8 Å². The second-order valence-corrected chi connectivity index (χ2v) is 4.87. The lowest BCUT2D eigenvalue weighted by molar-refractivity contribution is 0.415. The molecule has 0 aliphatic carbocycles. The quantitative estimate of drug-likeness (QED) is 0.784. The van der Waals surface area contributed by atoms with Crippen LogP contribution < -0.4 is 10.5 Å². The van der Waals surface area contributed by atoms with Crippen LogP contribution in [0.2, 0.25) is 0 Å². The minimum Gasteiger partial charge on any atom is -0.497 e. The molecule has 0 aliphatic rings. The van der Waals surface area contributed by atoms with E-state index >= 15 is 0 Å². The topological polar surface area (TPSA) is 48.4 Å². The predicted octanol–water partition coefficient (Wildman–Crippen LogP) is 3.68. The highest BCUT2D eigenvalue weighted by Gasteiger charge is 2.11. The zero-order chi connectivity index (χ0) is 13.9. The molecule has 1 aromatic heterocycles. The monoisotopic (exact) mass is 267 g/mol. The van der Waals surface area contributed by atoms with Gasteiger partial charge in [0.25, 0.3) is 0 Å². The zero-order valence-electron chi connectivity index (χ0n) is 11.4. The maximum atomic E-state index is 6.24. The molecule has 3 nitrogen and oxygen atoms in total. The Hall–Kier alpha value is -2.26. The van der Waals surface area contributed by atoms with Crippen LogP contribution in [0.3, 0.4) is 0 Å². The first-order valence-electron chi connectivity index (χ1n) is 6.61. The highest BCUT2D eigenvalue weighted by molar-refractivity contribution is 5.87. The van der Waals surface area contributed by atoms with E-state index in [2.05, 4.69) is 30.3 Å². The summed E-state index contributed by atoms with van der Waals surface area (Å²) in [5.74, 6) is 0.863. The van der Waals surface area contributed by atoms with Gasteiger partial charge in [-0.05, 0) is 41.0 Å². The number of benzene rings is 2. The molecule has 0 saturated carbocycles. The van der Waals surface area contributed by atoms with E-state index < -0.39 is 0 Å². The second kappa shape index (κ2) is 5.39. The Morgan fingerprint density at radius 3 is 2.85 bits per heavy atom. The number of hydrogen-bond donors (Lipinski definition) is 1. The van der Waals surface area contributed by atoms with Gasteiger partial charge in [0.2, 0.25) is 0 Å². The standard InChI is InChI=1S/C17H17NO2/c1-19-15-6-5-12-3-2-4-13(16(12)10-15)9-17(18)14-7-8-20-11-14/h2-8,10-11,17H,9,18H2,1H3. The summed E-state index contributed by atoms with van der Waals surface area (Å²) in [4.78, 5) is 0. The van der Waals surface area contributed by atoms with Gasteiger partial charge < -0.3 is 14.9 Å². The Bertz CT molecular complexity index is 704. The fourth-order valence-electron chi connectivity index (χ4n) is 2.46. The SMILES string of the molecule is COc1ccc2cccc(CC(N)c3ccoc3)c2c1. The summed E-state index contributed by atoms with van der Waals surface area (Å²) in [6.07, 6.45) is 4.13. The first kappa shape index (κ1) is 12.8. The van der Waals surface area contributed by atoms with Gasteiger partial charge in [0.15, 0.2) is 0 Å². The molecule has 0 bridgehead atoms. The van der Waals surface area contributed by atoms with Gasteiger partial charge in [0, 0.05) is 11.6 Å². The molecule has 3 aromatic rings. The Morgan fingerprint density at radius 2 is 2.10 bits per heavy atom. The van der Waals surface area contributed by atoms with Crippen LogP contribution in [0.5, 0.6) is 5.75 Å². The van der Waals surface area contributed by atoms with Crippen molar-refractivity contribution in [1.29, 1.82) is 0 Å². The van der Waals surface area contributed by atoms with Crippen molar-refractivity contribution in [3.05, 3.63) is 66.1 Å². The molecule has 3 heteroatoms. The third kappa shape index (κ3) is 2.40. The largest absolute Gasteiger partial charge is 0.497 e. The Balaban J connectivity index is 1.98. The smallest absolute Gasteiger partial charge is 0.119 e. The number of hydrogen-bond acceptors (Lipinski definition) is 3. The normalized spacial score (nSPS) is 12.5. The van der Waals surface area contributed by atoms with Gasteiger partial charge in [0.05, 0.1) is 19.6 Å². The molecule has 20 heavy (non-hydrogen) atoms. The average molecular weight is 267 g/mol. The van der Waals surface area contributed by atoms with Crippen molar-refractivity contribution in [2.24, 2.45) is 5.73 Å². The van der Waals surface area contributed by atoms with E-state index in [1.165, 1.54) is 16.3 Å². The molecule has 0 amide bonds. The molecule has 3 rings (SSSR count). The molecule has 2 N–H and O–H groups in total. The fraction of sp³-hybridized carbons (Fsp3) is 0.176. The lowest BCUT2D eigenvalue weighted by Gasteiger charge is -2.12. The number of furan rings is 1. The highest BCUT2D eigenvalue weighted by atomic mass is 16.5. The molecule has 0 radical (unpaired) electrons. The summed E-state index contributed by atoms with van der Waals surface area (Å²) >= 11 is 0. The van der Waals surface area contributed by atoms with Gasteiger partial charge in [-0.25, -0.2) is 0 Å². The molecule has 1 unspecified atom stereocenters. The van der Waals surface area contributed by atoms with Gasteiger partial charge in [-0.1, -0.05) is 24.3 Å². The van der Waals surface area contributed by atoms with Crippen LogP contribution in [0, 0.1) is 0 Å². The number of methoxy groups -OCH3 is 1. The van der Waals surface area contributed by atoms with Gasteiger partial charge in [-0.15, -0.1) is 0 Å². The van der Waals surface area contributed by atoms with Gasteiger partial charge in [-0.2, -0.15) is 0 Å². The lowest BCUT2D eigenvalue weighted by atomic mass is 9.96. The molecular weight excluding hydrogens is 250 g/mol. The van der Waals surface area contributed by atoms with E-state index in [9.17, 15) is 0 Å². The molecule has 1 atom stereocenters. The molecule has 2 aromatic carbocycles. The summed E-state index contributed by atoms with van der Waals surface area (Å²) in [6, 6.07) is 14.2. The lowest BCUT2D eigenvalue weighted by Crippen LogP contribution is -2.12. The maximum Gasteiger partial charge on any atom is 0.119 e. The van der Waals surface area contributed by atoms with Crippen LogP contribution >= 0.6 is 0 Å². The molecule has 0 fully saturated rings. The highest BCUT2D eigenvalue weighted by Crippen LogP contribution is 2.27. The predicted molar refractivity (Wildman–Crippen MR) is 79.8 cm³/mol. The van der Waals surface area contributed by atoms with Gasteiger partial charge in [-0.3, -0.25) is 0 Å². The van der Waals surface area contributed by atoms with Crippen molar-refractivity contribution in [2.75, 3.05) is 7.11 Å². The van der Waals surface area contributed by atoms with E-state index in [0.29, 0.717) is 0 Å². The Kier molecular flexibility index (Phi) is 3.44. The molecular formula is C17H17NO2. The summed E-state index contributed by atoms with van der Waals surface area (Å²) in [7, 11) is 1.68. The van der Waals surface area contributed by atoms with Crippen molar-refractivity contribution in [3.63, 3.8) is 0 Å². The summed E-state index contributed by atoms with van der Waals surface area (Å²) in [5, 5.41) is 2.38. The maximum absolute atomic E-state index is 6.24. The third-order valence-corrected chi connectivity index (χ3v) is 3.59. The Labute approximate surface area is 118 Å². The van der Waals surface area contributed by atoms with E-state index in [-0.39, 0.29) is 6.04 Å². The molecule has 102 valence electrons. The van der Waals surface area contributed by atoms with Crippen LogP contribution in [0.1, 0.15) is 17.2 Å². The van der Waals surface area contributed by atoms with E-state index in [0.717, 1.165) is 17.7 Å². The van der Waals surface area contributed by atoms with Crippen molar-refractivity contribution in [2.45, 2.75) is 12.5 Å². The third-order valence-electron chi connectivity index (χ3n) is 3.59. The van der Waals surface area contributed by atoms with Crippen LogP contribution in [0.4, 0.5) is 0 Å². The number of fused-ring (bicyclic) bond motifs is 1. The first-order valence-corrected chi connectivity index (χ1v) is 6.61. The minimum atomic E-state index is -0.0643. The molecule has 0 spiro atoms. The summed E-state index contributed by atoms with van der Waals surface area (Å²) in [5.41, 5.74) is 8.48. The minimum absolute atomic E-state index is 0.0643. The van der Waals surface area contributed by atoms with E-state index in [1.54, 1.807) is 19.6 Å². The zero-order valence-corrected chi connectivity index (χ0v) is 11.4. The van der Waals surface area contributed by atoms with Crippen molar-refractivity contribution < 1.29 is 9.15 Å². The number of ether oxygens (including phenoxy) is 1. The fourth-order valence-corrected chi connectivity index (χ4v) is 2.46. The van der Waals surface area contributed by atoms with Crippen LogP contribution in [0.15, 0.2) is 59.4 Å². The van der Waals surface area contributed by atoms with Crippen LogP contribution in [-0.4, -0.2) is 7.11 Å². The second-order valence-electron chi connectivity index (χ2n) is 4.87. The molecule has 0 aliphatic heterocycles. The van der Waals surface area contributed by atoms with Crippen molar-refractivity contribution >= 4 is 10.8 Å².